The van der Waals surface area contributed by atoms with E-state index in [1.165, 1.54) is 55.5 Å². The summed E-state index contributed by atoms with van der Waals surface area (Å²) in [7, 11) is 0. The molecule has 6 heteroatoms. The predicted octanol–water partition coefficient (Wildman–Crippen LogP) is 5.76. The Hall–Kier alpha value is -3.25. The van der Waals surface area contributed by atoms with Crippen molar-refractivity contribution in [1.29, 1.82) is 0 Å². The van der Waals surface area contributed by atoms with Crippen molar-refractivity contribution in [3.05, 3.63) is 71.4 Å². The topological polar surface area (TPSA) is 77.8 Å². The Bertz CT molecular complexity index is 1120. The maximum atomic E-state index is 10.2. The summed E-state index contributed by atoms with van der Waals surface area (Å²) in [5.41, 5.74) is 5.44. The monoisotopic (exact) mass is 473 g/mol. The molecule has 1 saturated heterocycles. The smallest absolute Gasteiger partial charge is 0.213 e. The van der Waals surface area contributed by atoms with Gasteiger partial charge in [0.05, 0.1) is 11.9 Å². The predicted molar refractivity (Wildman–Crippen MR) is 139 cm³/mol. The van der Waals surface area contributed by atoms with Gasteiger partial charge in [-0.2, -0.15) is 0 Å². The van der Waals surface area contributed by atoms with Crippen LogP contribution in [0.5, 0.6) is 17.4 Å². The second kappa shape index (κ2) is 11.0. The van der Waals surface area contributed by atoms with Gasteiger partial charge < -0.3 is 20.3 Å². The number of nitrogens with zero attached hydrogens (tertiary/aromatic N) is 2. The molecule has 1 atom stereocenters. The van der Waals surface area contributed by atoms with Gasteiger partial charge in [-0.25, -0.2) is 4.98 Å². The quantitative estimate of drug-likeness (QED) is 0.405. The fourth-order valence-corrected chi connectivity index (χ4v) is 5.35. The first-order valence-corrected chi connectivity index (χ1v) is 12.9. The van der Waals surface area contributed by atoms with Gasteiger partial charge in [0.25, 0.3) is 0 Å². The maximum Gasteiger partial charge on any atom is 0.213 e. The summed E-state index contributed by atoms with van der Waals surface area (Å²) in [5, 5.41) is 23.4. The lowest BCUT2D eigenvalue weighted by atomic mass is 9.79. The number of aromatic hydroxyl groups is 2. The van der Waals surface area contributed by atoms with E-state index < -0.39 is 0 Å². The number of aromatic nitrogens is 1. The van der Waals surface area contributed by atoms with Crippen LogP contribution in [0.3, 0.4) is 0 Å². The summed E-state index contributed by atoms with van der Waals surface area (Å²) >= 11 is 0. The maximum absolute atomic E-state index is 10.2. The zero-order valence-electron chi connectivity index (χ0n) is 20.2. The van der Waals surface area contributed by atoms with E-state index >= 15 is 0 Å². The number of aryl methyl sites for hydroxylation is 1. The molecular weight excluding hydrogens is 438 g/mol. The van der Waals surface area contributed by atoms with Gasteiger partial charge in [0.1, 0.15) is 18.1 Å². The molecule has 5 rings (SSSR count). The van der Waals surface area contributed by atoms with Crippen molar-refractivity contribution in [2.24, 2.45) is 0 Å². The van der Waals surface area contributed by atoms with Crippen LogP contribution in [-0.2, 0) is 12.8 Å². The highest BCUT2D eigenvalue weighted by Crippen LogP contribution is 2.39. The number of pyridine rings is 1. The number of hydrogen-bond acceptors (Lipinski definition) is 6. The average Bonchev–Trinajstić information content (AvgIpc) is 3.14. The summed E-state index contributed by atoms with van der Waals surface area (Å²) < 4.78 is 5.90. The van der Waals surface area contributed by atoms with Crippen molar-refractivity contribution in [3.63, 3.8) is 0 Å². The number of likely N-dealkylation sites (tertiary alicyclic amines) is 1. The van der Waals surface area contributed by atoms with E-state index in [2.05, 4.69) is 15.2 Å². The minimum atomic E-state index is 0.235. The molecule has 0 bridgehead atoms. The van der Waals surface area contributed by atoms with Crippen LogP contribution in [-0.4, -0.2) is 46.3 Å². The second-order valence-electron chi connectivity index (χ2n) is 9.78. The highest BCUT2D eigenvalue weighted by Gasteiger charge is 2.23. The lowest BCUT2D eigenvalue weighted by Gasteiger charge is -2.27. The zero-order valence-corrected chi connectivity index (χ0v) is 20.2. The lowest BCUT2D eigenvalue weighted by Crippen LogP contribution is -2.29. The standard InChI is InChI=1S/C29H35N3O3/c33-25-9-7-21-17-23(6-5-22(21)18-25)27-11-10-26(34)19-28(27)31-24-8-12-29(30-20-24)35-16-15-32-13-3-1-2-4-14-32/h7-12,18-20,23,31,33-34H,1-6,13-17H2. The number of ether oxygens (including phenoxy) is 1. The van der Waals surface area contributed by atoms with Crippen molar-refractivity contribution in [2.45, 2.75) is 50.9 Å². The molecule has 1 aliphatic heterocycles. The molecule has 0 saturated carbocycles. The molecule has 1 unspecified atom stereocenters. The van der Waals surface area contributed by atoms with Crippen LogP contribution in [0.15, 0.2) is 54.7 Å². The summed E-state index contributed by atoms with van der Waals surface area (Å²) in [6, 6.07) is 15.1. The van der Waals surface area contributed by atoms with Crippen LogP contribution in [0.4, 0.5) is 11.4 Å². The molecule has 0 amide bonds. The van der Waals surface area contributed by atoms with Gasteiger partial charge in [-0.05, 0) is 92.1 Å². The number of benzene rings is 2. The molecule has 0 radical (unpaired) electrons. The van der Waals surface area contributed by atoms with Crippen molar-refractivity contribution < 1.29 is 14.9 Å². The zero-order chi connectivity index (χ0) is 24.0. The van der Waals surface area contributed by atoms with Crippen molar-refractivity contribution >= 4 is 11.4 Å². The average molecular weight is 474 g/mol. The van der Waals surface area contributed by atoms with Gasteiger partial charge in [0, 0.05) is 24.4 Å². The number of anilines is 2. The first-order valence-electron chi connectivity index (χ1n) is 12.9. The van der Waals surface area contributed by atoms with E-state index in [0.717, 1.165) is 37.2 Å². The first-order chi connectivity index (χ1) is 17.1. The van der Waals surface area contributed by atoms with Gasteiger partial charge in [-0.1, -0.05) is 25.0 Å². The van der Waals surface area contributed by atoms with E-state index in [1.54, 1.807) is 24.4 Å². The Morgan fingerprint density at radius 2 is 1.71 bits per heavy atom. The highest BCUT2D eigenvalue weighted by atomic mass is 16.5. The molecule has 1 fully saturated rings. The number of rotatable bonds is 7. The van der Waals surface area contributed by atoms with Crippen molar-refractivity contribution in [2.75, 3.05) is 31.6 Å². The Morgan fingerprint density at radius 1 is 0.914 bits per heavy atom. The van der Waals surface area contributed by atoms with Gasteiger partial charge in [-0.15, -0.1) is 0 Å². The van der Waals surface area contributed by atoms with Crippen LogP contribution >= 0.6 is 0 Å². The Morgan fingerprint density at radius 3 is 2.51 bits per heavy atom. The van der Waals surface area contributed by atoms with Crippen molar-refractivity contribution in [1.82, 2.24) is 9.88 Å². The van der Waals surface area contributed by atoms with E-state index in [0.29, 0.717) is 24.2 Å². The van der Waals surface area contributed by atoms with E-state index in [1.807, 2.05) is 30.3 Å². The number of hydrogen-bond donors (Lipinski definition) is 3. The summed E-state index contributed by atoms with van der Waals surface area (Å²) in [6.07, 6.45) is 9.88. The second-order valence-corrected chi connectivity index (χ2v) is 9.78. The third-order valence-corrected chi connectivity index (χ3v) is 7.27. The van der Waals surface area contributed by atoms with E-state index in [9.17, 15) is 10.2 Å². The Balaban J connectivity index is 1.22. The van der Waals surface area contributed by atoms with Gasteiger partial charge in [-0.3, -0.25) is 4.90 Å². The third-order valence-electron chi connectivity index (χ3n) is 7.27. The largest absolute Gasteiger partial charge is 0.508 e. The molecule has 2 heterocycles. The van der Waals surface area contributed by atoms with Crippen LogP contribution in [0, 0.1) is 0 Å². The van der Waals surface area contributed by atoms with E-state index in [4.69, 9.17) is 4.74 Å². The number of phenols is 2. The molecule has 184 valence electrons. The fraction of sp³-hybridized carbons (Fsp3) is 0.414. The highest BCUT2D eigenvalue weighted by molar-refractivity contribution is 5.66. The van der Waals surface area contributed by atoms with Crippen molar-refractivity contribution in [3.8, 4) is 17.4 Å². The SMILES string of the molecule is Oc1ccc2c(c1)CCC(c1ccc(O)cc1Nc1ccc(OCCN3CCCCCC3)nc1)C2. The Kier molecular flexibility index (Phi) is 7.38. The molecule has 3 aromatic rings. The Labute approximate surface area is 207 Å². The molecule has 1 aromatic heterocycles. The molecule has 6 nitrogen and oxygen atoms in total. The molecule has 3 N–H and O–H groups in total. The van der Waals surface area contributed by atoms with Crippen LogP contribution < -0.4 is 10.1 Å². The molecule has 35 heavy (non-hydrogen) atoms. The third kappa shape index (κ3) is 6.06. The first kappa shape index (κ1) is 23.5. The summed E-state index contributed by atoms with van der Waals surface area (Å²) in [4.78, 5) is 6.97. The van der Waals surface area contributed by atoms with Crippen LogP contribution in [0.2, 0.25) is 0 Å². The van der Waals surface area contributed by atoms with Crippen LogP contribution in [0.25, 0.3) is 0 Å². The van der Waals surface area contributed by atoms with Crippen LogP contribution in [0.1, 0.15) is 54.7 Å². The minimum absolute atomic E-state index is 0.235. The van der Waals surface area contributed by atoms with Gasteiger partial charge in [0.2, 0.25) is 5.88 Å². The summed E-state index contributed by atoms with van der Waals surface area (Å²) in [5.74, 6) is 1.54. The fourth-order valence-electron chi connectivity index (χ4n) is 5.35. The molecule has 2 aliphatic rings. The number of phenolic OH excluding ortho intramolecular Hbond substituents is 2. The van der Waals surface area contributed by atoms with Gasteiger partial charge in [0.15, 0.2) is 0 Å². The summed E-state index contributed by atoms with van der Waals surface area (Å²) in [6.45, 7) is 3.93. The molecule has 1 aliphatic carbocycles. The molecule has 2 aromatic carbocycles. The molecular formula is C29H35N3O3. The lowest BCUT2D eigenvalue weighted by molar-refractivity contribution is 0.209. The minimum Gasteiger partial charge on any atom is -0.508 e. The van der Waals surface area contributed by atoms with E-state index in [-0.39, 0.29) is 5.75 Å². The van der Waals surface area contributed by atoms with Gasteiger partial charge >= 0.3 is 0 Å². The molecule has 0 spiro atoms. The normalized spacial score (nSPS) is 18.5. The number of nitrogens with one attached hydrogen (secondary N) is 1. The number of fused-ring (bicyclic) bond motifs is 1.